The summed E-state index contributed by atoms with van der Waals surface area (Å²) in [5.74, 6) is 0.499. The summed E-state index contributed by atoms with van der Waals surface area (Å²) in [6.45, 7) is 1.26. The molecule has 1 saturated heterocycles. The number of hydrogen-bond donors (Lipinski definition) is 1. The van der Waals surface area contributed by atoms with Gasteiger partial charge in [-0.15, -0.1) is 4.40 Å². The van der Waals surface area contributed by atoms with Crippen molar-refractivity contribution in [2.45, 2.75) is 62.3 Å². The molecule has 1 aliphatic carbocycles. The molecule has 0 bridgehead atoms. The first-order valence-electron chi connectivity index (χ1n) is 10.0. The fourth-order valence-electron chi connectivity index (χ4n) is 4.44. The average Bonchev–Trinajstić information content (AvgIpc) is 2.82. The molecule has 1 unspecified atom stereocenters. The number of carbonyl (C=O) groups excluding carboxylic acids is 1. The Morgan fingerprint density at radius 1 is 1.04 bits per heavy atom. The number of benzene rings is 1. The molecule has 1 amide bonds. The van der Waals surface area contributed by atoms with Crippen molar-refractivity contribution in [2.24, 2.45) is 10.3 Å². The SMILES string of the molecule is O=C(NC1CCCCCC1)C1CCCN(C2=NS(=O)(=O)c3ccccc32)C1. The lowest BCUT2D eigenvalue weighted by molar-refractivity contribution is -0.127. The van der Waals surface area contributed by atoms with Crippen LogP contribution < -0.4 is 5.32 Å². The van der Waals surface area contributed by atoms with Gasteiger partial charge in [-0.3, -0.25) is 4.79 Å². The molecule has 0 spiro atoms. The third-order valence-corrected chi connectivity index (χ3v) is 7.23. The number of rotatable bonds is 2. The Kier molecular flexibility index (Phi) is 5.21. The fourth-order valence-corrected chi connectivity index (χ4v) is 5.67. The topological polar surface area (TPSA) is 78.8 Å². The molecular weight excluding hydrogens is 362 g/mol. The highest BCUT2D eigenvalue weighted by Gasteiger charge is 2.35. The zero-order valence-corrected chi connectivity index (χ0v) is 16.4. The standard InChI is InChI=1S/C20H27N3O3S/c24-20(21-16-9-3-1-2-4-10-16)15-8-7-13-23(14-15)19-17-11-5-6-12-18(17)27(25,26)22-19/h5-6,11-12,15-16H,1-4,7-10,13-14H2,(H,21,24). The molecule has 1 aromatic carbocycles. The number of piperidine rings is 1. The van der Waals surface area contributed by atoms with Gasteiger partial charge in [0, 0.05) is 24.7 Å². The molecule has 4 rings (SSSR count). The second kappa shape index (κ2) is 7.62. The average molecular weight is 390 g/mol. The third kappa shape index (κ3) is 3.88. The van der Waals surface area contributed by atoms with Crippen LogP contribution in [0.3, 0.4) is 0 Å². The summed E-state index contributed by atoms with van der Waals surface area (Å²) in [5.41, 5.74) is 0.655. The smallest absolute Gasteiger partial charge is 0.285 e. The van der Waals surface area contributed by atoms with E-state index in [2.05, 4.69) is 9.71 Å². The van der Waals surface area contributed by atoms with Gasteiger partial charge in [0.15, 0.2) is 5.84 Å². The van der Waals surface area contributed by atoms with Gasteiger partial charge in [-0.25, -0.2) is 0 Å². The first-order chi connectivity index (χ1) is 13.0. The molecule has 1 N–H and O–H groups in total. The summed E-state index contributed by atoms with van der Waals surface area (Å²) in [6.07, 6.45) is 8.75. The molecule has 0 aromatic heterocycles. The summed E-state index contributed by atoms with van der Waals surface area (Å²) in [7, 11) is -3.62. The Labute approximate surface area is 161 Å². The van der Waals surface area contributed by atoms with E-state index in [1.807, 2.05) is 11.0 Å². The van der Waals surface area contributed by atoms with Crippen molar-refractivity contribution in [3.05, 3.63) is 29.8 Å². The van der Waals surface area contributed by atoms with Crippen molar-refractivity contribution in [1.29, 1.82) is 0 Å². The molecule has 2 aliphatic heterocycles. The maximum Gasteiger partial charge on any atom is 0.285 e. The lowest BCUT2D eigenvalue weighted by Gasteiger charge is -2.34. The number of nitrogens with zero attached hydrogens (tertiary/aromatic N) is 2. The van der Waals surface area contributed by atoms with E-state index in [0.717, 1.165) is 32.2 Å². The Bertz CT molecular complexity index is 842. The highest BCUT2D eigenvalue weighted by molar-refractivity contribution is 7.90. The molecule has 1 atom stereocenters. The first kappa shape index (κ1) is 18.5. The lowest BCUT2D eigenvalue weighted by atomic mass is 9.95. The largest absolute Gasteiger partial charge is 0.355 e. The number of fused-ring (bicyclic) bond motifs is 1. The number of likely N-dealkylation sites (tertiary alicyclic amines) is 1. The van der Waals surface area contributed by atoms with Gasteiger partial charge in [0.2, 0.25) is 5.91 Å². The molecule has 1 saturated carbocycles. The number of carbonyl (C=O) groups is 1. The number of amides is 1. The normalized spacial score (nSPS) is 25.4. The number of nitrogens with one attached hydrogen (secondary N) is 1. The summed E-state index contributed by atoms with van der Waals surface area (Å²) in [4.78, 5) is 15.1. The second-order valence-electron chi connectivity index (χ2n) is 7.87. The highest BCUT2D eigenvalue weighted by atomic mass is 32.2. The molecule has 2 heterocycles. The van der Waals surface area contributed by atoms with Crippen molar-refractivity contribution in [2.75, 3.05) is 13.1 Å². The van der Waals surface area contributed by atoms with E-state index in [4.69, 9.17) is 0 Å². The Hall–Kier alpha value is -1.89. The Balaban J connectivity index is 1.46. The maximum absolute atomic E-state index is 12.8. The summed E-state index contributed by atoms with van der Waals surface area (Å²) in [6, 6.07) is 7.24. The molecule has 1 aromatic rings. The van der Waals surface area contributed by atoms with Crippen LogP contribution in [0.15, 0.2) is 33.6 Å². The van der Waals surface area contributed by atoms with Crippen LogP contribution in [0, 0.1) is 5.92 Å². The Morgan fingerprint density at radius 2 is 1.78 bits per heavy atom. The van der Waals surface area contributed by atoms with Crippen LogP contribution in [-0.4, -0.2) is 44.2 Å². The van der Waals surface area contributed by atoms with E-state index in [1.54, 1.807) is 18.2 Å². The third-order valence-electron chi connectivity index (χ3n) is 5.91. The molecule has 27 heavy (non-hydrogen) atoms. The molecule has 3 aliphatic rings. The number of sulfonamides is 1. The van der Waals surface area contributed by atoms with E-state index >= 15 is 0 Å². The second-order valence-corrected chi connectivity index (χ2v) is 9.44. The van der Waals surface area contributed by atoms with Gasteiger partial charge in [0.25, 0.3) is 10.0 Å². The zero-order valence-electron chi connectivity index (χ0n) is 15.6. The van der Waals surface area contributed by atoms with Gasteiger partial charge in [-0.05, 0) is 37.8 Å². The summed E-state index contributed by atoms with van der Waals surface area (Å²) < 4.78 is 28.7. The first-order valence-corrected chi connectivity index (χ1v) is 11.5. The van der Waals surface area contributed by atoms with Crippen molar-refractivity contribution in [1.82, 2.24) is 10.2 Å². The van der Waals surface area contributed by atoms with Gasteiger partial charge in [0.1, 0.15) is 4.90 Å². The van der Waals surface area contributed by atoms with E-state index in [0.29, 0.717) is 24.0 Å². The zero-order chi connectivity index (χ0) is 18.9. The van der Waals surface area contributed by atoms with Crippen molar-refractivity contribution >= 4 is 21.8 Å². The predicted octanol–water partition coefficient (Wildman–Crippen LogP) is 2.69. The minimum atomic E-state index is -3.62. The van der Waals surface area contributed by atoms with Crippen molar-refractivity contribution in [3.63, 3.8) is 0 Å². The van der Waals surface area contributed by atoms with Crippen LogP contribution in [-0.2, 0) is 14.8 Å². The minimum Gasteiger partial charge on any atom is -0.355 e. The van der Waals surface area contributed by atoms with Crippen LogP contribution in [0.2, 0.25) is 0 Å². The van der Waals surface area contributed by atoms with Crippen molar-refractivity contribution < 1.29 is 13.2 Å². The van der Waals surface area contributed by atoms with Gasteiger partial charge < -0.3 is 10.2 Å². The Morgan fingerprint density at radius 3 is 2.56 bits per heavy atom. The van der Waals surface area contributed by atoms with Crippen LogP contribution >= 0.6 is 0 Å². The van der Waals surface area contributed by atoms with Gasteiger partial charge in [-0.1, -0.05) is 37.8 Å². The molecule has 7 heteroatoms. The van der Waals surface area contributed by atoms with Gasteiger partial charge >= 0.3 is 0 Å². The highest BCUT2D eigenvalue weighted by Crippen LogP contribution is 2.30. The monoisotopic (exact) mass is 389 g/mol. The van der Waals surface area contributed by atoms with Crippen LogP contribution in [0.1, 0.15) is 56.9 Å². The predicted molar refractivity (Wildman–Crippen MR) is 104 cm³/mol. The number of hydrogen-bond acceptors (Lipinski definition) is 4. The molecule has 146 valence electrons. The van der Waals surface area contributed by atoms with Crippen LogP contribution in [0.4, 0.5) is 0 Å². The van der Waals surface area contributed by atoms with E-state index in [1.165, 1.54) is 25.7 Å². The van der Waals surface area contributed by atoms with E-state index in [-0.39, 0.29) is 16.7 Å². The molecule has 6 nitrogen and oxygen atoms in total. The fraction of sp³-hybridized carbons (Fsp3) is 0.600. The van der Waals surface area contributed by atoms with Crippen molar-refractivity contribution in [3.8, 4) is 0 Å². The van der Waals surface area contributed by atoms with Gasteiger partial charge in [0.05, 0.1) is 5.92 Å². The quantitative estimate of drug-likeness (QED) is 0.789. The molecular formula is C20H27N3O3S. The van der Waals surface area contributed by atoms with E-state index < -0.39 is 10.0 Å². The minimum absolute atomic E-state index is 0.111. The summed E-state index contributed by atoms with van der Waals surface area (Å²) in [5, 5.41) is 3.25. The molecule has 2 fully saturated rings. The maximum atomic E-state index is 12.8. The number of amidine groups is 1. The summed E-state index contributed by atoms with van der Waals surface area (Å²) >= 11 is 0. The van der Waals surface area contributed by atoms with Gasteiger partial charge in [-0.2, -0.15) is 8.42 Å². The van der Waals surface area contributed by atoms with Crippen LogP contribution in [0.25, 0.3) is 0 Å². The van der Waals surface area contributed by atoms with E-state index in [9.17, 15) is 13.2 Å². The van der Waals surface area contributed by atoms with Crippen LogP contribution in [0.5, 0.6) is 0 Å². The molecule has 0 radical (unpaired) electrons. The lowest BCUT2D eigenvalue weighted by Crippen LogP contribution is -2.47.